The van der Waals surface area contributed by atoms with E-state index in [1.807, 2.05) is 0 Å². The molecule has 158 valence electrons. The maximum absolute atomic E-state index is 13.3. The number of benzene rings is 2. The van der Waals surface area contributed by atoms with Crippen LogP contribution in [0.2, 0.25) is 0 Å². The zero-order valence-electron chi connectivity index (χ0n) is 17.2. The third-order valence-corrected chi connectivity index (χ3v) is 7.34. The summed E-state index contributed by atoms with van der Waals surface area (Å²) >= 11 is 0. The van der Waals surface area contributed by atoms with E-state index in [2.05, 4.69) is 0 Å². The first-order valence-electron chi connectivity index (χ1n) is 9.35. The Labute approximate surface area is 171 Å². The molecule has 0 aromatic heterocycles. The fraction of sp³-hybridized carbons (Fsp3) is 0.429. The third kappa shape index (κ3) is 3.68. The van der Waals surface area contributed by atoms with Crippen LogP contribution in [0.1, 0.15) is 31.1 Å². The first-order valence-corrected chi connectivity index (χ1v) is 10.8. The van der Waals surface area contributed by atoms with Gasteiger partial charge in [0, 0.05) is 11.6 Å². The number of rotatable bonds is 6. The number of methoxy groups -OCH3 is 3. The molecule has 0 saturated carbocycles. The molecule has 0 bridgehead atoms. The summed E-state index contributed by atoms with van der Waals surface area (Å²) in [6, 6.07) is 9.17. The minimum Gasteiger partial charge on any atom is -0.493 e. The molecule has 2 atom stereocenters. The van der Waals surface area contributed by atoms with Crippen molar-refractivity contribution >= 4 is 10.0 Å². The van der Waals surface area contributed by atoms with Crippen molar-refractivity contribution in [2.45, 2.75) is 43.4 Å². The van der Waals surface area contributed by atoms with Crippen LogP contribution in [0, 0.1) is 0 Å². The van der Waals surface area contributed by atoms with Crippen LogP contribution in [0.3, 0.4) is 0 Å². The summed E-state index contributed by atoms with van der Waals surface area (Å²) in [6.07, 6.45) is -0.680. The number of nitrogens with zero attached hydrogens (tertiary/aromatic N) is 1. The predicted molar refractivity (Wildman–Crippen MR) is 109 cm³/mol. The van der Waals surface area contributed by atoms with E-state index in [4.69, 9.17) is 14.2 Å². The van der Waals surface area contributed by atoms with Crippen LogP contribution in [-0.2, 0) is 16.4 Å². The standard InChI is InChI=1S/C21H27NO6S/c1-13(2)22-16(20(23)15-8-6-7-9-19(15)29(22,24)25)10-14-11-17(26-3)21(28-5)18(12-14)27-4/h6-9,11-13,16,20,23H,10H2,1-5H3/t16-,20+/m0/s1. The number of sulfonamides is 1. The lowest BCUT2D eigenvalue weighted by atomic mass is 9.94. The van der Waals surface area contributed by atoms with Gasteiger partial charge in [-0.25, -0.2) is 8.42 Å². The van der Waals surface area contributed by atoms with E-state index in [9.17, 15) is 13.5 Å². The molecule has 0 aliphatic carbocycles. The molecule has 0 amide bonds. The fourth-order valence-corrected chi connectivity index (χ4v) is 6.02. The molecule has 1 aliphatic rings. The van der Waals surface area contributed by atoms with Gasteiger partial charge in [0.05, 0.1) is 38.4 Å². The number of hydrogen-bond acceptors (Lipinski definition) is 6. The highest BCUT2D eigenvalue weighted by molar-refractivity contribution is 7.89. The van der Waals surface area contributed by atoms with Crippen LogP contribution >= 0.6 is 0 Å². The summed E-state index contributed by atoms with van der Waals surface area (Å²) in [7, 11) is 0.831. The lowest BCUT2D eigenvalue weighted by molar-refractivity contribution is 0.0684. The molecule has 0 unspecified atom stereocenters. The molecule has 0 saturated heterocycles. The van der Waals surface area contributed by atoms with Crippen molar-refractivity contribution in [3.8, 4) is 17.2 Å². The normalized spacial score (nSPS) is 20.9. The van der Waals surface area contributed by atoms with Gasteiger partial charge >= 0.3 is 0 Å². The molecule has 0 spiro atoms. The topological polar surface area (TPSA) is 85.3 Å². The van der Waals surface area contributed by atoms with Gasteiger partial charge in [-0.3, -0.25) is 0 Å². The molecule has 0 radical (unpaired) electrons. The van der Waals surface area contributed by atoms with E-state index >= 15 is 0 Å². The van der Waals surface area contributed by atoms with Gasteiger partial charge in [-0.15, -0.1) is 0 Å². The maximum atomic E-state index is 13.3. The highest BCUT2D eigenvalue weighted by Crippen LogP contribution is 2.42. The van der Waals surface area contributed by atoms with E-state index in [1.165, 1.54) is 25.6 Å². The minimum absolute atomic E-state index is 0.155. The molecule has 7 nitrogen and oxygen atoms in total. The molecular formula is C21H27NO6S. The fourth-order valence-electron chi connectivity index (χ4n) is 3.95. The Bertz CT molecular complexity index is 963. The van der Waals surface area contributed by atoms with Crippen LogP contribution in [0.15, 0.2) is 41.3 Å². The highest BCUT2D eigenvalue weighted by Gasteiger charge is 2.44. The second-order valence-electron chi connectivity index (χ2n) is 7.22. The van der Waals surface area contributed by atoms with Crippen LogP contribution in [0.5, 0.6) is 17.2 Å². The Kier molecular flexibility index (Phi) is 6.07. The van der Waals surface area contributed by atoms with E-state index in [0.29, 0.717) is 22.8 Å². The van der Waals surface area contributed by atoms with Crippen molar-refractivity contribution in [3.63, 3.8) is 0 Å². The summed E-state index contributed by atoms with van der Waals surface area (Å²) in [6.45, 7) is 3.61. The van der Waals surface area contributed by atoms with Gasteiger partial charge in [0.1, 0.15) is 0 Å². The zero-order chi connectivity index (χ0) is 21.3. The summed E-state index contributed by atoms with van der Waals surface area (Å²) < 4.78 is 44.1. The van der Waals surface area contributed by atoms with Gasteiger partial charge in [-0.1, -0.05) is 18.2 Å². The summed E-state index contributed by atoms with van der Waals surface area (Å²) in [5.41, 5.74) is 1.19. The zero-order valence-corrected chi connectivity index (χ0v) is 18.1. The molecule has 29 heavy (non-hydrogen) atoms. The van der Waals surface area contributed by atoms with Crippen molar-refractivity contribution in [1.82, 2.24) is 4.31 Å². The molecule has 2 aromatic rings. The third-order valence-electron chi connectivity index (χ3n) is 5.16. The van der Waals surface area contributed by atoms with Gasteiger partial charge in [-0.2, -0.15) is 4.31 Å². The van der Waals surface area contributed by atoms with E-state index in [-0.39, 0.29) is 17.4 Å². The number of aliphatic hydroxyl groups excluding tert-OH is 1. The van der Waals surface area contributed by atoms with E-state index in [1.54, 1.807) is 50.2 Å². The Morgan fingerprint density at radius 2 is 1.62 bits per heavy atom. The molecule has 2 aromatic carbocycles. The molecule has 8 heteroatoms. The lowest BCUT2D eigenvalue weighted by Gasteiger charge is -2.41. The summed E-state index contributed by atoms with van der Waals surface area (Å²) in [5, 5.41) is 11.1. The van der Waals surface area contributed by atoms with E-state index < -0.39 is 22.2 Å². The van der Waals surface area contributed by atoms with Crippen molar-refractivity contribution in [2.75, 3.05) is 21.3 Å². The average Bonchev–Trinajstić information content (AvgIpc) is 2.70. The molecule has 1 heterocycles. The van der Waals surface area contributed by atoms with Crippen molar-refractivity contribution in [1.29, 1.82) is 0 Å². The smallest absolute Gasteiger partial charge is 0.244 e. The van der Waals surface area contributed by atoms with E-state index in [0.717, 1.165) is 5.56 Å². The SMILES string of the molecule is COc1cc(C[C@H]2[C@H](O)c3ccccc3S(=O)(=O)N2C(C)C)cc(OC)c1OC. The van der Waals surface area contributed by atoms with Crippen LogP contribution in [-0.4, -0.2) is 51.2 Å². The number of fused-ring (bicyclic) bond motifs is 1. The first-order chi connectivity index (χ1) is 13.8. The Morgan fingerprint density at radius 1 is 1.03 bits per heavy atom. The van der Waals surface area contributed by atoms with Gasteiger partial charge in [-0.05, 0) is 44.0 Å². The monoisotopic (exact) mass is 421 g/mol. The molecule has 1 aliphatic heterocycles. The van der Waals surface area contributed by atoms with Gasteiger partial charge < -0.3 is 19.3 Å². The molecule has 3 rings (SSSR count). The van der Waals surface area contributed by atoms with Crippen molar-refractivity contribution < 1.29 is 27.7 Å². The minimum atomic E-state index is -3.74. The average molecular weight is 422 g/mol. The number of aliphatic hydroxyl groups is 1. The quantitative estimate of drug-likeness (QED) is 0.772. The Morgan fingerprint density at radius 3 is 2.14 bits per heavy atom. The summed E-state index contributed by atoms with van der Waals surface area (Å²) in [5.74, 6) is 1.42. The van der Waals surface area contributed by atoms with Crippen molar-refractivity contribution in [3.05, 3.63) is 47.5 Å². The molecule has 0 fully saturated rings. The second kappa shape index (κ2) is 8.22. The van der Waals surface area contributed by atoms with Crippen LogP contribution < -0.4 is 14.2 Å². The summed E-state index contributed by atoms with van der Waals surface area (Å²) in [4.78, 5) is 0.155. The van der Waals surface area contributed by atoms with Crippen LogP contribution in [0.25, 0.3) is 0 Å². The Balaban J connectivity index is 2.10. The predicted octanol–water partition coefficient (Wildman–Crippen LogP) is 2.77. The van der Waals surface area contributed by atoms with Gasteiger partial charge in [0.2, 0.25) is 15.8 Å². The molecular weight excluding hydrogens is 394 g/mol. The van der Waals surface area contributed by atoms with Crippen LogP contribution in [0.4, 0.5) is 0 Å². The lowest BCUT2D eigenvalue weighted by Crippen LogP contribution is -2.52. The Hall–Kier alpha value is -2.29. The number of hydrogen-bond donors (Lipinski definition) is 1. The van der Waals surface area contributed by atoms with Crippen molar-refractivity contribution in [2.24, 2.45) is 0 Å². The second-order valence-corrected chi connectivity index (χ2v) is 9.03. The first kappa shape index (κ1) is 21.4. The number of ether oxygens (including phenoxy) is 3. The largest absolute Gasteiger partial charge is 0.493 e. The maximum Gasteiger partial charge on any atom is 0.244 e. The van der Waals surface area contributed by atoms with Gasteiger partial charge in [0.15, 0.2) is 11.5 Å². The highest BCUT2D eigenvalue weighted by atomic mass is 32.2. The molecule has 1 N–H and O–H groups in total. The van der Waals surface area contributed by atoms with Gasteiger partial charge in [0.25, 0.3) is 0 Å².